The van der Waals surface area contributed by atoms with E-state index >= 15 is 0 Å². The molecule has 0 aromatic rings. The molecule has 0 aliphatic heterocycles. The molecule has 2 fully saturated rings. The van der Waals surface area contributed by atoms with Gasteiger partial charge in [-0.1, -0.05) is 26.7 Å². The quantitative estimate of drug-likeness (QED) is 0.702. The summed E-state index contributed by atoms with van der Waals surface area (Å²) in [5.74, 6) is 0.155. The van der Waals surface area contributed by atoms with Crippen molar-refractivity contribution < 1.29 is 9.90 Å². The van der Waals surface area contributed by atoms with Gasteiger partial charge in [-0.3, -0.25) is 4.79 Å². The van der Waals surface area contributed by atoms with Gasteiger partial charge in [0.25, 0.3) is 0 Å². The van der Waals surface area contributed by atoms with Crippen LogP contribution in [0.3, 0.4) is 0 Å². The third kappa shape index (κ3) is 0.970. The Kier molecular flexibility index (Phi) is 1.37. The molecule has 0 heterocycles. The van der Waals surface area contributed by atoms with E-state index in [0.717, 1.165) is 18.8 Å². The van der Waals surface area contributed by atoms with Gasteiger partial charge in [-0.15, -0.1) is 0 Å². The van der Waals surface area contributed by atoms with E-state index in [0.29, 0.717) is 0 Å². The lowest BCUT2D eigenvalue weighted by molar-refractivity contribution is -0.145. The first-order valence-corrected chi connectivity index (χ1v) is 4.71. The summed E-state index contributed by atoms with van der Waals surface area (Å²) in [6.45, 7) is 4.15. The molecule has 68 valence electrons. The lowest BCUT2D eigenvalue weighted by atomic mass is 9.90. The van der Waals surface area contributed by atoms with E-state index in [1.165, 1.54) is 12.8 Å². The second-order valence-corrected chi connectivity index (χ2v) is 5.10. The monoisotopic (exact) mass is 168 g/mol. The summed E-state index contributed by atoms with van der Waals surface area (Å²) in [6.07, 6.45) is 4.32. The van der Waals surface area contributed by atoms with Gasteiger partial charge in [-0.2, -0.15) is 0 Å². The molecule has 0 aromatic heterocycles. The summed E-state index contributed by atoms with van der Waals surface area (Å²) in [7, 11) is 0. The second-order valence-electron chi connectivity index (χ2n) is 5.10. The SMILES string of the molecule is CC1(C)CC1(CC1CC1)C(=O)O. The highest BCUT2D eigenvalue weighted by atomic mass is 16.4. The van der Waals surface area contributed by atoms with Crippen molar-refractivity contribution in [1.82, 2.24) is 0 Å². The van der Waals surface area contributed by atoms with Crippen LogP contribution in [0.4, 0.5) is 0 Å². The van der Waals surface area contributed by atoms with Gasteiger partial charge in [-0.25, -0.2) is 0 Å². The van der Waals surface area contributed by atoms with Gasteiger partial charge in [0.2, 0.25) is 0 Å². The molecular formula is C10H16O2. The standard InChI is InChI=1S/C10H16O2/c1-9(2)6-10(9,8(11)12)5-7-3-4-7/h7H,3-6H2,1-2H3,(H,11,12). The van der Waals surface area contributed by atoms with Crippen LogP contribution >= 0.6 is 0 Å². The van der Waals surface area contributed by atoms with Crippen molar-refractivity contribution in [1.29, 1.82) is 0 Å². The molecule has 0 saturated heterocycles. The van der Waals surface area contributed by atoms with Crippen LogP contribution in [0.1, 0.15) is 39.5 Å². The van der Waals surface area contributed by atoms with Crippen molar-refractivity contribution in [3.63, 3.8) is 0 Å². The molecule has 1 unspecified atom stereocenters. The molecule has 0 spiro atoms. The second kappa shape index (κ2) is 2.04. The van der Waals surface area contributed by atoms with Gasteiger partial charge in [0.1, 0.15) is 0 Å². The normalized spacial score (nSPS) is 37.8. The van der Waals surface area contributed by atoms with Crippen LogP contribution in [0.2, 0.25) is 0 Å². The van der Waals surface area contributed by atoms with Crippen LogP contribution in [0.15, 0.2) is 0 Å². The van der Waals surface area contributed by atoms with E-state index < -0.39 is 5.97 Å². The third-order valence-electron chi connectivity index (χ3n) is 3.66. The van der Waals surface area contributed by atoms with Crippen LogP contribution in [0, 0.1) is 16.7 Å². The third-order valence-corrected chi connectivity index (χ3v) is 3.66. The largest absolute Gasteiger partial charge is 0.481 e. The van der Waals surface area contributed by atoms with Crippen molar-refractivity contribution in [2.24, 2.45) is 16.7 Å². The highest BCUT2D eigenvalue weighted by Gasteiger charge is 2.67. The number of hydrogen-bond acceptors (Lipinski definition) is 1. The Morgan fingerprint density at radius 1 is 1.50 bits per heavy atom. The maximum atomic E-state index is 11.1. The molecular weight excluding hydrogens is 152 g/mol. The van der Waals surface area contributed by atoms with E-state index in [-0.39, 0.29) is 10.8 Å². The maximum absolute atomic E-state index is 11.1. The predicted molar refractivity (Wildman–Crippen MR) is 45.8 cm³/mol. The fraction of sp³-hybridized carbons (Fsp3) is 0.900. The van der Waals surface area contributed by atoms with Crippen LogP contribution in [0.5, 0.6) is 0 Å². The Balaban J connectivity index is 2.09. The van der Waals surface area contributed by atoms with Crippen molar-refractivity contribution in [2.75, 3.05) is 0 Å². The fourth-order valence-corrected chi connectivity index (χ4v) is 2.33. The zero-order valence-corrected chi connectivity index (χ0v) is 7.76. The van der Waals surface area contributed by atoms with Crippen molar-refractivity contribution in [3.8, 4) is 0 Å². The average molecular weight is 168 g/mol. The molecule has 0 bridgehead atoms. The molecule has 0 radical (unpaired) electrons. The van der Waals surface area contributed by atoms with E-state index in [2.05, 4.69) is 13.8 Å². The summed E-state index contributed by atoms with van der Waals surface area (Å²) < 4.78 is 0. The molecule has 2 saturated carbocycles. The molecule has 0 aromatic carbocycles. The van der Waals surface area contributed by atoms with Gasteiger partial charge >= 0.3 is 5.97 Å². The van der Waals surface area contributed by atoms with Gasteiger partial charge in [-0.05, 0) is 24.2 Å². The van der Waals surface area contributed by atoms with Gasteiger partial charge in [0, 0.05) is 0 Å². The lowest BCUT2D eigenvalue weighted by Crippen LogP contribution is -2.21. The first-order valence-electron chi connectivity index (χ1n) is 4.71. The van der Waals surface area contributed by atoms with Gasteiger partial charge < -0.3 is 5.11 Å². The molecule has 2 aliphatic rings. The maximum Gasteiger partial charge on any atom is 0.310 e. The molecule has 2 heteroatoms. The Morgan fingerprint density at radius 2 is 2.00 bits per heavy atom. The zero-order chi connectivity index (χ0) is 8.98. The molecule has 2 aliphatic carbocycles. The van der Waals surface area contributed by atoms with E-state index in [1.54, 1.807) is 0 Å². The molecule has 12 heavy (non-hydrogen) atoms. The smallest absolute Gasteiger partial charge is 0.310 e. The zero-order valence-electron chi connectivity index (χ0n) is 7.76. The van der Waals surface area contributed by atoms with E-state index in [4.69, 9.17) is 5.11 Å². The molecule has 2 nitrogen and oxygen atoms in total. The number of hydrogen-bond donors (Lipinski definition) is 1. The van der Waals surface area contributed by atoms with Crippen LogP contribution in [-0.2, 0) is 4.79 Å². The number of carboxylic acids is 1. The Labute approximate surface area is 73.0 Å². The molecule has 0 amide bonds. The highest BCUT2D eigenvalue weighted by molar-refractivity contribution is 5.79. The van der Waals surface area contributed by atoms with Crippen molar-refractivity contribution >= 4 is 5.97 Å². The van der Waals surface area contributed by atoms with Crippen LogP contribution < -0.4 is 0 Å². The van der Waals surface area contributed by atoms with Crippen LogP contribution in [-0.4, -0.2) is 11.1 Å². The summed E-state index contributed by atoms with van der Waals surface area (Å²) in [6, 6.07) is 0. The minimum absolute atomic E-state index is 0.0570. The summed E-state index contributed by atoms with van der Waals surface area (Å²) in [5.41, 5.74) is -0.296. The first kappa shape index (κ1) is 8.09. The van der Waals surface area contributed by atoms with E-state index in [9.17, 15) is 4.79 Å². The van der Waals surface area contributed by atoms with Gasteiger partial charge in [0.15, 0.2) is 0 Å². The first-order chi connectivity index (χ1) is 5.48. The Hall–Kier alpha value is -0.530. The van der Waals surface area contributed by atoms with E-state index in [1.807, 2.05) is 0 Å². The minimum atomic E-state index is -0.570. The summed E-state index contributed by atoms with van der Waals surface area (Å²) in [4.78, 5) is 11.1. The van der Waals surface area contributed by atoms with Gasteiger partial charge in [0.05, 0.1) is 5.41 Å². The summed E-state index contributed by atoms with van der Waals surface area (Å²) >= 11 is 0. The number of aliphatic carboxylic acids is 1. The average Bonchev–Trinajstić information content (AvgIpc) is 2.75. The number of carbonyl (C=O) groups is 1. The Morgan fingerprint density at radius 3 is 2.25 bits per heavy atom. The molecule has 2 rings (SSSR count). The Bertz CT molecular complexity index is 228. The molecule has 1 atom stereocenters. The fourth-order valence-electron chi connectivity index (χ4n) is 2.33. The molecule has 1 N–H and O–H groups in total. The number of carboxylic acid groups (broad SMARTS) is 1. The lowest BCUT2D eigenvalue weighted by Gasteiger charge is -2.14. The summed E-state index contributed by atoms with van der Waals surface area (Å²) in [5, 5.41) is 9.12. The number of rotatable bonds is 3. The topological polar surface area (TPSA) is 37.3 Å². The van der Waals surface area contributed by atoms with Crippen molar-refractivity contribution in [2.45, 2.75) is 39.5 Å². The van der Waals surface area contributed by atoms with Crippen LogP contribution in [0.25, 0.3) is 0 Å². The highest BCUT2D eigenvalue weighted by Crippen LogP contribution is 2.68. The van der Waals surface area contributed by atoms with Crippen molar-refractivity contribution in [3.05, 3.63) is 0 Å². The predicted octanol–water partition coefficient (Wildman–Crippen LogP) is 2.29. The minimum Gasteiger partial charge on any atom is -0.481 e.